The number of H-pyrrole nitrogens is 1. The molecule has 3 aromatic rings. The molecule has 0 aliphatic heterocycles. The van der Waals surface area contributed by atoms with Crippen molar-refractivity contribution in [3.8, 4) is 17.0 Å². The number of hydrogen-bond acceptors (Lipinski definition) is 5. The van der Waals surface area contributed by atoms with Crippen molar-refractivity contribution in [2.24, 2.45) is 0 Å². The molecule has 0 radical (unpaired) electrons. The van der Waals surface area contributed by atoms with Crippen molar-refractivity contribution in [2.75, 3.05) is 27.3 Å². The first-order valence-electron chi connectivity index (χ1n) is 8.41. The molecule has 7 nitrogen and oxygen atoms in total. The van der Waals surface area contributed by atoms with Crippen molar-refractivity contribution in [3.63, 3.8) is 0 Å². The number of pyridine rings is 1. The number of carbonyl (C=O) groups excluding carboxylic acids is 1. The Kier molecular flexibility index (Phi) is 5.80. The summed E-state index contributed by atoms with van der Waals surface area (Å²) in [6, 6.07) is 7.86. The van der Waals surface area contributed by atoms with Gasteiger partial charge in [0.2, 0.25) is 6.41 Å². The fourth-order valence-corrected chi connectivity index (χ4v) is 2.72. The summed E-state index contributed by atoms with van der Waals surface area (Å²) in [5.74, 6) is 0.773. The highest BCUT2D eigenvalue weighted by Gasteiger charge is 2.10. The molecule has 0 unspecified atom stereocenters. The summed E-state index contributed by atoms with van der Waals surface area (Å²) in [6.45, 7) is 1.72. The molecule has 0 bridgehead atoms. The van der Waals surface area contributed by atoms with E-state index in [0.717, 1.165) is 46.3 Å². The molecule has 1 amide bonds. The standard InChI is InChI=1S/C19H22N4O3/c1-23(13-24)6-3-7-26-16-4-5-18-17(9-16)19(22-21-18)15-8-14(12-25-2)10-20-11-15/h4-5,8-11,13H,3,6-7,12H2,1-2H3,(H,21,22). The lowest BCUT2D eigenvalue weighted by molar-refractivity contribution is -0.117. The Labute approximate surface area is 151 Å². The summed E-state index contributed by atoms with van der Waals surface area (Å²) in [5, 5.41) is 8.45. The van der Waals surface area contributed by atoms with Gasteiger partial charge in [0.05, 0.1) is 18.7 Å². The van der Waals surface area contributed by atoms with Crippen LogP contribution in [0.1, 0.15) is 12.0 Å². The highest BCUT2D eigenvalue weighted by molar-refractivity contribution is 5.93. The molecule has 2 aromatic heterocycles. The van der Waals surface area contributed by atoms with Crippen molar-refractivity contribution in [3.05, 3.63) is 42.2 Å². The van der Waals surface area contributed by atoms with E-state index < -0.39 is 0 Å². The third kappa shape index (κ3) is 4.18. The van der Waals surface area contributed by atoms with Crippen molar-refractivity contribution >= 4 is 17.3 Å². The highest BCUT2D eigenvalue weighted by atomic mass is 16.5. The lowest BCUT2D eigenvalue weighted by Crippen LogP contribution is -2.18. The third-order valence-corrected chi connectivity index (χ3v) is 4.02. The van der Waals surface area contributed by atoms with Crippen molar-refractivity contribution < 1.29 is 14.3 Å². The van der Waals surface area contributed by atoms with Crippen LogP contribution in [0, 0.1) is 0 Å². The van der Waals surface area contributed by atoms with Gasteiger partial charge in [-0.3, -0.25) is 14.9 Å². The Morgan fingerprint density at radius 3 is 2.96 bits per heavy atom. The first-order valence-corrected chi connectivity index (χ1v) is 8.41. The molecule has 0 fully saturated rings. The lowest BCUT2D eigenvalue weighted by Gasteiger charge is -2.11. The van der Waals surface area contributed by atoms with Crippen LogP contribution < -0.4 is 4.74 Å². The zero-order valence-electron chi connectivity index (χ0n) is 14.9. The van der Waals surface area contributed by atoms with E-state index in [1.165, 1.54) is 0 Å². The number of aromatic nitrogens is 3. The van der Waals surface area contributed by atoms with Gasteiger partial charge in [-0.25, -0.2) is 0 Å². The van der Waals surface area contributed by atoms with Crippen molar-refractivity contribution in [1.29, 1.82) is 0 Å². The van der Waals surface area contributed by atoms with Crippen LogP contribution in [0.25, 0.3) is 22.2 Å². The number of rotatable bonds is 9. The Morgan fingerprint density at radius 2 is 2.15 bits per heavy atom. The number of benzene rings is 1. The van der Waals surface area contributed by atoms with Crippen LogP contribution in [-0.4, -0.2) is 53.8 Å². The number of methoxy groups -OCH3 is 1. The highest BCUT2D eigenvalue weighted by Crippen LogP contribution is 2.29. The lowest BCUT2D eigenvalue weighted by atomic mass is 10.1. The average molecular weight is 354 g/mol. The molecule has 26 heavy (non-hydrogen) atoms. The van der Waals surface area contributed by atoms with Gasteiger partial charge in [0.1, 0.15) is 11.4 Å². The number of amides is 1. The van der Waals surface area contributed by atoms with Crippen molar-refractivity contribution in [1.82, 2.24) is 20.1 Å². The number of hydrogen-bond donors (Lipinski definition) is 1. The normalized spacial score (nSPS) is 10.8. The number of ether oxygens (including phenoxy) is 2. The largest absolute Gasteiger partial charge is 0.494 e. The second-order valence-corrected chi connectivity index (χ2v) is 6.08. The number of nitrogens with one attached hydrogen (secondary N) is 1. The molecular formula is C19H22N4O3. The van der Waals surface area contributed by atoms with E-state index >= 15 is 0 Å². The van der Waals surface area contributed by atoms with Gasteiger partial charge < -0.3 is 14.4 Å². The summed E-state index contributed by atoms with van der Waals surface area (Å²) in [4.78, 5) is 16.5. The number of carbonyl (C=O) groups is 1. The van der Waals surface area contributed by atoms with E-state index in [9.17, 15) is 4.79 Å². The van der Waals surface area contributed by atoms with Gasteiger partial charge in [-0.15, -0.1) is 0 Å². The minimum Gasteiger partial charge on any atom is -0.494 e. The second-order valence-electron chi connectivity index (χ2n) is 6.08. The third-order valence-electron chi connectivity index (χ3n) is 4.02. The maximum absolute atomic E-state index is 10.6. The van der Waals surface area contributed by atoms with Crippen LogP contribution in [0.15, 0.2) is 36.7 Å². The SMILES string of the molecule is COCc1cncc(-c2n[nH]c3ccc(OCCCN(C)C=O)cc23)c1. The minimum atomic E-state index is 0.507. The van der Waals surface area contributed by atoms with Gasteiger partial charge in [-0.1, -0.05) is 0 Å². The predicted octanol–water partition coefficient (Wildman–Crippen LogP) is 2.63. The van der Waals surface area contributed by atoms with Gasteiger partial charge in [0.25, 0.3) is 0 Å². The quantitative estimate of drug-likeness (QED) is 0.472. The van der Waals surface area contributed by atoms with Gasteiger partial charge in [0.15, 0.2) is 0 Å². The van der Waals surface area contributed by atoms with E-state index in [-0.39, 0.29) is 0 Å². The molecule has 0 aliphatic carbocycles. The average Bonchev–Trinajstić information content (AvgIpc) is 3.09. The minimum absolute atomic E-state index is 0.507. The van der Waals surface area contributed by atoms with E-state index in [4.69, 9.17) is 9.47 Å². The predicted molar refractivity (Wildman–Crippen MR) is 98.8 cm³/mol. The molecule has 136 valence electrons. The Balaban J connectivity index is 1.78. The van der Waals surface area contributed by atoms with Crippen LogP contribution >= 0.6 is 0 Å². The summed E-state index contributed by atoms with van der Waals surface area (Å²) in [5.41, 5.74) is 3.69. The summed E-state index contributed by atoms with van der Waals surface area (Å²) in [7, 11) is 3.41. The van der Waals surface area contributed by atoms with Crippen LogP contribution in [0.2, 0.25) is 0 Å². The first-order chi connectivity index (χ1) is 12.7. The monoisotopic (exact) mass is 354 g/mol. The molecule has 0 saturated heterocycles. The molecule has 7 heteroatoms. The number of fused-ring (bicyclic) bond motifs is 1. The van der Waals surface area contributed by atoms with Gasteiger partial charge in [0, 0.05) is 44.0 Å². The number of nitrogens with zero attached hydrogens (tertiary/aromatic N) is 3. The molecule has 2 heterocycles. The molecule has 1 aromatic carbocycles. The van der Waals surface area contributed by atoms with E-state index in [2.05, 4.69) is 15.2 Å². The van der Waals surface area contributed by atoms with Crippen LogP contribution in [0.5, 0.6) is 5.75 Å². The molecule has 3 rings (SSSR count). The summed E-state index contributed by atoms with van der Waals surface area (Å²) in [6.07, 6.45) is 5.16. The van der Waals surface area contributed by atoms with E-state index in [1.807, 2.05) is 24.3 Å². The van der Waals surface area contributed by atoms with Crippen LogP contribution in [0.3, 0.4) is 0 Å². The molecule has 0 saturated carbocycles. The Bertz CT molecular complexity index is 878. The zero-order valence-corrected chi connectivity index (χ0v) is 14.9. The second kappa shape index (κ2) is 8.44. The zero-order chi connectivity index (χ0) is 18.4. The molecule has 0 spiro atoms. The number of aromatic amines is 1. The van der Waals surface area contributed by atoms with Crippen LogP contribution in [0.4, 0.5) is 0 Å². The molecule has 0 aliphatic rings. The van der Waals surface area contributed by atoms with Gasteiger partial charge >= 0.3 is 0 Å². The van der Waals surface area contributed by atoms with Gasteiger partial charge in [-0.2, -0.15) is 5.10 Å². The first kappa shape index (κ1) is 17.9. The topological polar surface area (TPSA) is 80.3 Å². The Morgan fingerprint density at radius 1 is 1.27 bits per heavy atom. The van der Waals surface area contributed by atoms with E-state index in [0.29, 0.717) is 19.8 Å². The summed E-state index contributed by atoms with van der Waals surface area (Å²) < 4.78 is 11.0. The van der Waals surface area contributed by atoms with Crippen LogP contribution in [-0.2, 0) is 16.1 Å². The van der Waals surface area contributed by atoms with Gasteiger partial charge in [-0.05, 0) is 36.2 Å². The van der Waals surface area contributed by atoms with E-state index in [1.54, 1.807) is 31.5 Å². The fraction of sp³-hybridized carbons (Fsp3) is 0.316. The van der Waals surface area contributed by atoms with Crippen molar-refractivity contribution in [2.45, 2.75) is 13.0 Å². The maximum Gasteiger partial charge on any atom is 0.209 e. The molecule has 1 N–H and O–H groups in total. The maximum atomic E-state index is 10.6. The fourth-order valence-electron chi connectivity index (χ4n) is 2.72. The molecule has 0 atom stereocenters. The molecular weight excluding hydrogens is 332 g/mol. The summed E-state index contributed by atoms with van der Waals surface area (Å²) >= 11 is 0. The smallest absolute Gasteiger partial charge is 0.209 e. The Hall–Kier alpha value is -2.93.